The monoisotopic (exact) mass is 745 g/mol. The highest BCUT2D eigenvalue weighted by Crippen LogP contribution is 2.62. The lowest BCUT2D eigenvalue weighted by molar-refractivity contribution is -0.256. The summed E-state index contributed by atoms with van der Waals surface area (Å²) in [6.45, 7) is 10.6. The number of hydrogen-bond donors (Lipinski definition) is 4. The number of oxime groups is 1. The molecule has 4 N–H and O–H groups in total. The summed E-state index contributed by atoms with van der Waals surface area (Å²) in [6.07, 6.45) is 7.35. The molecule has 1 aromatic rings. The maximum absolute atomic E-state index is 13.9. The zero-order valence-electron chi connectivity index (χ0n) is 31.5. The van der Waals surface area contributed by atoms with Crippen molar-refractivity contribution in [2.24, 2.45) is 22.9 Å². The van der Waals surface area contributed by atoms with Gasteiger partial charge in [-0.2, -0.15) is 0 Å². The van der Waals surface area contributed by atoms with Gasteiger partial charge in [0, 0.05) is 44.2 Å². The molecule has 1 fully saturated rings. The van der Waals surface area contributed by atoms with E-state index in [0.29, 0.717) is 43.2 Å². The van der Waals surface area contributed by atoms with Crippen LogP contribution in [0.5, 0.6) is 11.5 Å². The Hall–Kier alpha value is -3.69. The molecule has 0 spiro atoms. The molecule has 1 saturated carbocycles. The number of allylic oxidation sites excluding steroid dienone is 1. The number of nitrogens with zero attached hydrogens (tertiary/aromatic N) is 2. The Balaban J connectivity index is 2.02. The number of ether oxygens (including phenoxy) is 5. The van der Waals surface area contributed by atoms with Crippen molar-refractivity contribution in [1.82, 2.24) is 10.2 Å². The quantitative estimate of drug-likeness (QED) is 0.0720. The fraction of sp³-hybridized carbons (Fsp3) is 0.667. The van der Waals surface area contributed by atoms with Gasteiger partial charge in [0.2, 0.25) is 5.79 Å². The van der Waals surface area contributed by atoms with E-state index in [1.165, 1.54) is 0 Å². The first-order valence-corrected chi connectivity index (χ1v) is 19.1. The Morgan fingerprint density at radius 3 is 2.51 bits per heavy atom. The third kappa shape index (κ3) is 10.1. The van der Waals surface area contributed by atoms with Crippen molar-refractivity contribution in [1.29, 1.82) is 0 Å². The highest BCUT2D eigenvalue weighted by atomic mass is 16.7. The Bertz CT molecular complexity index is 1400. The SMILES string of the molecule is C=CCOC12Oc3ccc(OC(=O)NCC)cc3C3C(CCCCO)C(CCCCO)C=C(C(=NOCC)CC1N(CCOCCO)C(=O)OCC)C32. The minimum Gasteiger partial charge on any atom is -0.459 e. The zero-order chi connectivity index (χ0) is 38.2. The number of rotatable bonds is 22. The van der Waals surface area contributed by atoms with Gasteiger partial charge < -0.3 is 49.2 Å². The fourth-order valence-electron chi connectivity index (χ4n) is 8.05. The fourth-order valence-corrected chi connectivity index (χ4v) is 8.05. The second kappa shape index (κ2) is 21.3. The highest BCUT2D eigenvalue weighted by Gasteiger charge is 2.65. The van der Waals surface area contributed by atoms with Gasteiger partial charge >= 0.3 is 12.2 Å². The lowest BCUT2D eigenvalue weighted by Crippen LogP contribution is -2.70. The molecule has 0 saturated heterocycles. The van der Waals surface area contributed by atoms with Crippen molar-refractivity contribution in [2.45, 2.75) is 83.5 Å². The molecule has 0 aromatic heterocycles. The van der Waals surface area contributed by atoms with Gasteiger partial charge in [-0.15, -0.1) is 6.58 Å². The Kier molecular flexibility index (Phi) is 16.9. The van der Waals surface area contributed by atoms with Crippen molar-refractivity contribution in [3.63, 3.8) is 0 Å². The van der Waals surface area contributed by atoms with Gasteiger partial charge in [-0.25, -0.2) is 9.59 Å². The van der Waals surface area contributed by atoms with Crippen LogP contribution in [-0.4, -0.2) is 116 Å². The lowest BCUT2D eigenvalue weighted by atomic mass is 9.55. The zero-order valence-corrected chi connectivity index (χ0v) is 31.5. The van der Waals surface area contributed by atoms with E-state index in [4.69, 9.17) is 28.5 Å². The van der Waals surface area contributed by atoms with E-state index in [9.17, 15) is 24.9 Å². The Morgan fingerprint density at radius 1 is 1.06 bits per heavy atom. The topological polar surface area (TPSA) is 178 Å². The number of aliphatic hydroxyl groups is 3. The van der Waals surface area contributed by atoms with Gasteiger partial charge in [-0.1, -0.05) is 30.1 Å². The molecule has 3 aliphatic rings. The first-order valence-electron chi connectivity index (χ1n) is 19.1. The maximum atomic E-state index is 13.9. The number of hydrogen-bond acceptors (Lipinski definition) is 12. The van der Waals surface area contributed by atoms with Gasteiger partial charge in [-0.05, 0) is 82.1 Å². The van der Waals surface area contributed by atoms with E-state index in [-0.39, 0.29) is 77.0 Å². The number of carbonyl (C=O) groups is 2. The molecule has 1 aliphatic heterocycles. The van der Waals surface area contributed by atoms with Crippen LogP contribution in [0.25, 0.3) is 0 Å². The third-order valence-corrected chi connectivity index (χ3v) is 10.1. The van der Waals surface area contributed by atoms with Crippen molar-refractivity contribution < 1.29 is 53.4 Å². The molecule has 0 radical (unpaired) electrons. The van der Waals surface area contributed by atoms with E-state index in [1.54, 1.807) is 30.0 Å². The summed E-state index contributed by atoms with van der Waals surface area (Å²) >= 11 is 0. The normalized spacial score (nSPS) is 25.0. The number of fused-ring (bicyclic) bond motifs is 2. The molecular formula is C39H59N3O11. The molecule has 4 rings (SSSR count). The average Bonchev–Trinajstić information content (AvgIpc) is 3.15. The van der Waals surface area contributed by atoms with Crippen LogP contribution in [0, 0.1) is 17.8 Å². The summed E-state index contributed by atoms with van der Waals surface area (Å²) < 4.78 is 31.0. The highest BCUT2D eigenvalue weighted by molar-refractivity contribution is 6.03. The smallest absolute Gasteiger partial charge is 0.412 e. The van der Waals surface area contributed by atoms with Crippen LogP contribution in [-0.2, 0) is 19.0 Å². The van der Waals surface area contributed by atoms with Crippen LogP contribution in [0.3, 0.4) is 0 Å². The van der Waals surface area contributed by atoms with Crippen LogP contribution in [0.15, 0.2) is 47.7 Å². The number of benzene rings is 1. The predicted molar refractivity (Wildman–Crippen MR) is 198 cm³/mol. The van der Waals surface area contributed by atoms with E-state index < -0.39 is 29.9 Å². The van der Waals surface area contributed by atoms with Crippen molar-refractivity contribution in [2.75, 3.05) is 65.9 Å². The molecule has 2 aliphatic carbocycles. The number of unbranched alkanes of at least 4 members (excludes halogenated alkanes) is 2. The molecule has 1 heterocycles. The molecule has 14 heteroatoms. The number of nitrogens with one attached hydrogen (secondary N) is 1. The Morgan fingerprint density at radius 2 is 1.83 bits per heavy atom. The third-order valence-electron chi connectivity index (χ3n) is 10.1. The van der Waals surface area contributed by atoms with Crippen LogP contribution in [0.1, 0.15) is 77.2 Å². The van der Waals surface area contributed by atoms with Crippen molar-refractivity contribution in [3.8, 4) is 11.5 Å². The largest absolute Gasteiger partial charge is 0.459 e. The maximum Gasteiger partial charge on any atom is 0.412 e. The van der Waals surface area contributed by atoms with Gasteiger partial charge in [-0.3, -0.25) is 4.90 Å². The van der Waals surface area contributed by atoms with Gasteiger partial charge in [0.25, 0.3) is 0 Å². The van der Waals surface area contributed by atoms with Crippen LogP contribution in [0.4, 0.5) is 9.59 Å². The predicted octanol–water partition coefficient (Wildman–Crippen LogP) is 4.92. The number of aliphatic hydroxyl groups excluding tert-OH is 3. The molecule has 2 amide bonds. The summed E-state index contributed by atoms with van der Waals surface area (Å²) in [5, 5.41) is 36.3. The second-order valence-corrected chi connectivity index (χ2v) is 13.3. The van der Waals surface area contributed by atoms with Gasteiger partial charge in [0.1, 0.15) is 24.1 Å². The summed E-state index contributed by atoms with van der Waals surface area (Å²) in [5.41, 5.74) is 2.36. The minimum absolute atomic E-state index is 0.000841. The van der Waals surface area contributed by atoms with E-state index in [1.807, 2.05) is 19.9 Å². The van der Waals surface area contributed by atoms with E-state index in [0.717, 1.165) is 36.8 Å². The number of carbonyl (C=O) groups excluding carboxylic acids is 2. The summed E-state index contributed by atoms with van der Waals surface area (Å²) in [7, 11) is 0. The molecular weight excluding hydrogens is 686 g/mol. The summed E-state index contributed by atoms with van der Waals surface area (Å²) in [5.74, 6) is -1.37. The minimum atomic E-state index is -1.47. The van der Waals surface area contributed by atoms with Crippen LogP contribution >= 0.6 is 0 Å². The lowest BCUT2D eigenvalue weighted by Gasteiger charge is -2.59. The van der Waals surface area contributed by atoms with Gasteiger partial charge in [0.15, 0.2) is 0 Å². The molecule has 6 unspecified atom stereocenters. The van der Waals surface area contributed by atoms with E-state index >= 15 is 0 Å². The summed E-state index contributed by atoms with van der Waals surface area (Å²) in [4.78, 5) is 33.8. The average molecular weight is 746 g/mol. The molecule has 296 valence electrons. The molecule has 0 bridgehead atoms. The van der Waals surface area contributed by atoms with Crippen molar-refractivity contribution >= 4 is 17.9 Å². The summed E-state index contributed by atoms with van der Waals surface area (Å²) in [6, 6.07) is 4.53. The van der Waals surface area contributed by atoms with E-state index in [2.05, 4.69) is 23.1 Å². The van der Waals surface area contributed by atoms with Crippen LogP contribution in [0.2, 0.25) is 0 Å². The standard InChI is InChI=1S/C39H59N3O11/c1-5-21-50-39-34(42(38(47)49-7-3)17-22-48-23-20-45)26-32(41-51-8-4)30-24-27(13-9-11-18-43)29(14-10-12-19-44)35(36(30)39)31-25-28(15-16-33(31)53-39)52-37(46)40-6-2/h5,15-16,24-25,27,29,34-36,43-45H,1,6-14,17-23,26H2,2-4H3,(H,40,46). The molecule has 14 nitrogen and oxygen atoms in total. The Labute approximate surface area is 313 Å². The molecule has 6 atom stereocenters. The first kappa shape index (κ1) is 42.1. The van der Waals surface area contributed by atoms with Crippen LogP contribution < -0.4 is 14.8 Å². The second-order valence-electron chi connectivity index (χ2n) is 13.3. The number of amides is 2. The van der Waals surface area contributed by atoms with Crippen molar-refractivity contribution in [3.05, 3.63) is 48.1 Å². The molecule has 1 aromatic carbocycles. The van der Waals surface area contributed by atoms with Gasteiger partial charge in [0.05, 0.1) is 44.7 Å². The first-order chi connectivity index (χ1) is 25.8. The molecule has 53 heavy (non-hydrogen) atoms.